The zero-order chi connectivity index (χ0) is 34.4. The molecule has 4 heterocycles. The summed E-state index contributed by atoms with van der Waals surface area (Å²) in [4.78, 5) is 74.5. The summed E-state index contributed by atoms with van der Waals surface area (Å²) in [5, 5.41) is 15.3. The molecule has 2 saturated heterocycles. The molecule has 4 aliphatic rings. The van der Waals surface area contributed by atoms with Crippen LogP contribution in [0.4, 0.5) is 21.1 Å². The van der Waals surface area contributed by atoms with E-state index in [1.165, 1.54) is 4.90 Å². The minimum Gasteiger partial charge on any atom is -0.465 e. The van der Waals surface area contributed by atoms with E-state index in [0.29, 0.717) is 56.6 Å². The molecule has 1 aliphatic carbocycles. The van der Waals surface area contributed by atoms with Crippen LogP contribution in [0.2, 0.25) is 0 Å². The topological polar surface area (TPSA) is 161 Å². The van der Waals surface area contributed by atoms with Crippen molar-refractivity contribution in [3.8, 4) is 0 Å². The molecule has 2 fully saturated rings. The summed E-state index contributed by atoms with van der Waals surface area (Å²) in [6.45, 7) is 8.16. The molecule has 256 valence electrons. The van der Waals surface area contributed by atoms with E-state index in [4.69, 9.17) is 4.74 Å². The molecule has 1 spiro atoms. The maximum Gasteiger partial charge on any atom is 0.410 e. The van der Waals surface area contributed by atoms with Crippen molar-refractivity contribution >= 4 is 41.4 Å². The fourth-order valence-electron chi connectivity index (χ4n) is 7.52. The van der Waals surface area contributed by atoms with E-state index < -0.39 is 34.7 Å². The third-order valence-electron chi connectivity index (χ3n) is 10.2. The number of rotatable bonds is 5. The van der Waals surface area contributed by atoms with Gasteiger partial charge in [0.25, 0.3) is 0 Å². The lowest BCUT2D eigenvalue weighted by molar-refractivity contribution is -0.149. The largest absolute Gasteiger partial charge is 0.465 e. The second-order valence-electron chi connectivity index (χ2n) is 14.8. The Morgan fingerprint density at radius 2 is 1.81 bits per heavy atom. The minimum absolute atomic E-state index is 0.0808. The maximum absolute atomic E-state index is 14.3. The van der Waals surface area contributed by atoms with Crippen LogP contribution in [0.1, 0.15) is 70.1 Å². The van der Waals surface area contributed by atoms with Crippen LogP contribution in [0, 0.1) is 5.41 Å². The lowest BCUT2D eigenvalue weighted by Crippen LogP contribution is -2.58. The van der Waals surface area contributed by atoms with Crippen LogP contribution in [0.3, 0.4) is 0 Å². The van der Waals surface area contributed by atoms with Gasteiger partial charge >= 0.3 is 12.2 Å². The van der Waals surface area contributed by atoms with Gasteiger partial charge in [0.15, 0.2) is 0 Å². The molecule has 48 heavy (non-hydrogen) atoms. The summed E-state index contributed by atoms with van der Waals surface area (Å²) in [5.74, 6) is -0.106. The highest BCUT2D eigenvalue weighted by Gasteiger charge is 2.51. The normalized spacial score (nSPS) is 22.8. The van der Waals surface area contributed by atoms with Crippen LogP contribution >= 0.6 is 0 Å². The number of amides is 5. The lowest BCUT2D eigenvalue weighted by Gasteiger charge is -2.44. The summed E-state index contributed by atoms with van der Waals surface area (Å²) >= 11 is 0. The molecule has 1 aromatic carbocycles. The number of nitrogens with zero attached hydrogens (tertiary/aromatic N) is 4. The van der Waals surface area contributed by atoms with Crippen molar-refractivity contribution in [2.24, 2.45) is 5.41 Å². The van der Waals surface area contributed by atoms with Gasteiger partial charge in [-0.05, 0) is 88.6 Å². The van der Waals surface area contributed by atoms with Gasteiger partial charge in [-0.25, -0.2) is 14.6 Å². The Labute approximate surface area is 280 Å². The van der Waals surface area contributed by atoms with Gasteiger partial charge in [-0.1, -0.05) is 19.1 Å². The second kappa shape index (κ2) is 12.4. The first kappa shape index (κ1) is 33.2. The standard InChI is InChI=1S/C35H44N6O7/c1-33(2,3)48-32(47)40-14-6-7-25(20-40)41(30(44)34(4)11-15-39(16-12-34)31(45)46)21-27(42)37-24-10-9-22-18-35(19-23(22)17-24)26-8-5-13-36-28(26)38-29(35)43/h5,8-10,13,17,25H,6-7,11-12,14-16,18-21H2,1-4H3,(H,37,42)(H,45,46)(H,36,38,43)/t25-,35+/m0/s1. The van der Waals surface area contributed by atoms with Crippen molar-refractivity contribution < 1.29 is 33.8 Å². The van der Waals surface area contributed by atoms with Crippen LogP contribution in [0.5, 0.6) is 0 Å². The smallest absolute Gasteiger partial charge is 0.410 e. The Morgan fingerprint density at radius 3 is 2.52 bits per heavy atom. The van der Waals surface area contributed by atoms with Crippen LogP contribution in [-0.2, 0) is 37.4 Å². The fourth-order valence-corrected chi connectivity index (χ4v) is 7.52. The number of ether oxygens (including phenoxy) is 1. The summed E-state index contributed by atoms with van der Waals surface area (Å²) in [6.07, 6.45) is 3.10. The molecule has 5 amide bonds. The van der Waals surface area contributed by atoms with Gasteiger partial charge in [0.1, 0.15) is 18.0 Å². The maximum atomic E-state index is 14.3. The Morgan fingerprint density at radius 1 is 1.08 bits per heavy atom. The van der Waals surface area contributed by atoms with Gasteiger partial charge in [0, 0.05) is 49.0 Å². The van der Waals surface area contributed by atoms with Crippen LogP contribution in [0.15, 0.2) is 36.5 Å². The molecule has 0 saturated carbocycles. The van der Waals surface area contributed by atoms with E-state index in [9.17, 15) is 29.1 Å². The number of hydrogen-bond acceptors (Lipinski definition) is 7. The molecule has 13 nitrogen and oxygen atoms in total. The number of carboxylic acid groups (broad SMARTS) is 1. The molecule has 1 aromatic heterocycles. The van der Waals surface area contributed by atoms with Gasteiger partial charge in [-0.2, -0.15) is 0 Å². The molecular formula is C35H44N6O7. The van der Waals surface area contributed by atoms with Gasteiger partial charge in [-0.15, -0.1) is 0 Å². The molecule has 3 aliphatic heterocycles. The van der Waals surface area contributed by atoms with Crippen molar-refractivity contribution in [2.75, 3.05) is 43.4 Å². The fraction of sp³-hybridized carbons (Fsp3) is 0.543. The van der Waals surface area contributed by atoms with Crippen molar-refractivity contribution in [1.82, 2.24) is 19.7 Å². The van der Waals surface area contributed by atoms with Crippen molar-refractivity contribution in [3.05, 3.63) is 53.2 Å². The number of carbonyl (C=O) groups is 5. The van der Waals surface area contributed by atoms with Crippen LogP contribution in [0.25, 0.3) is 0 Å². The Hall–Kier alpha value is -4.68. The Balaban J connectivity index is 1.19. The molecule has 0 bridgehead atoms. The number of fused-ring (bicyclic) bond motifs is 3. The SMILES string of the molecule is CC(C)(C)OC(=O)N1CCC[C@H](N(CC(=O)Nc2ccc3c(c2)C[C@@]2(C3)C(=O)Nc3ncccc32)C(=O)C2(C)CCN(C(=O)O)CC2)C1. The number of pyridine rings is 1. The summed E-state index contributed by atoms with van der Waals surface area (Å²) in [5.41, 5.74) is 1.16. The van der Waals surface area contributed by atoms with E-state index in [-0.39, 0.29) is 43.9 Å². The third-order valence-corrected chi connectivity index (χ3v) is 10.2. The van der Waals surface area contributed by atoms with E-state index in [1.807, 2.05) is 37.3 Å². The highest BCUT2D eigenvalue weighted by molar-refractivity contribution is 6.06. The first-order valence-electron chi connectivity index (χ1n) is 16.6. The molecule has 6 rings (SSSR count). The molecule has 2 atom stereocenters. The van der Waals surface area contributed by atoms with E-state index in [2.05, 4.69) is 15.6 Å². The highest BCUT2D eigenvalue weighted by atomic mass is 16.6. The predicted octanol–water partition coefficient (Wildman–Crippen LogP) is 4.02. The number of piperidine rings is 2. The third kappa shape index (κ3) is 6.42. The number of likely N-dealkylation sites (tertiary alicyclic amines) is 2. The molecule has 2 aromatic rings. The van der Waals surface area contributed by atoms with Gasteiger partial charge < -0.3 is 35.2 Å². The monoisotopic (exact) mass is 660 g/mol. The number of anilines is 2. The minimum atomic E-state index is -1.02. The van der Waals surface area contributed by atoms with E-state index in [1.54, 1.807) is 36.8 Å². The first-order valence-corrected chi connectivity index (χ1v) is 16.6. The molecule has 3 N–H and O–H groups in total. The molecule has 0 unspecified atom stereocenters. The Bertz CT molecular complexity index is 1650. The second-order valence-corrected chi connectivity index (χ2v) is 14.8. The molecule has 0 radical (unpaired) electrons. The summed E-state index contributed by atoms with van der Waals surface area (Å²) in [7, 11) is 0. The number of carbonyl (C=O) groups excluding carboxylic acids is 4. The van der Waals surface area contributed by atoms with E-state index >= 15 is 0 Å². The number of hydrogen-bond donors (Lipinski definition) is 3. The van der Waals surface area contributed by atoms with Gasteiger partial charge in [0.2, 0.25) is 17.7 Å². The average Bonchev–Trinajstić information content (AvgIpc) is 3.55. The number of aromatic nitrogens is 1. The Kier molecular flexibility index (Phi) is 8.59. The van der Waals surface area contributed by atoms with Gasteiger partial charge in [0.05, 0.1) is 11.5 Å². The molecule has 13 heteroatoms. The summed E-state index contributed by atoms with van der Waals surface area (Å²) < 4.78 is 5.61. The average molecular weight is 661 g/mol. The quantitative estimate of drug-likeness (QED) is 0.434. The molecular weight excluding hydrogens is 616 g/mol. The lowest BCUT2D eigenvalue weighted by atomic mass is 9.78. The van der Waals surface area contributed by atoms with Crippen molar-refractivity contribution in [2.45, 2.75) is 83.3 Å². The zero-order valence-corrected chi connectivity index (χ0v) is 28.0. The van der Waals surface area contributed by atoms with E-state index in [0.717, 1.165) is 16.7 Å². The number of benzene rings is 1. The van der Waals surface area contributed by atoms with Crippen LogP contribution in [-0.4, -0.2) is 99.1 Å². The number of nitrogens with one attached hydrogen (secondary N) is 2. The zero-order valence-electron chi connectivity index (χ0n) is 28.0. The van der Waals surface area contributed by atoms with Crippen LogP contribution < -0.4 is 10.6 Å². The van der Waals surface area contributed by atoms with Gasteiger partial charge in [-0.3, -0.25) is 14.4 Å². The predicted molar refractivity (Wildman–Crippen MR) is 177 cm³/mol. The van der Waals surface area contributed by atoms with Crippen molar-refractivity contribution in [1.29, 1.82) is 0 Å². The first-order chi connectivity index (χ1) is 22.7. The highest BCUT2D eigenvalue weighted by Crippen LogP contribution is 2.47. The van der Waals surface area contributed by atoms with Crippen molar-refractivity contribution in [3.63, 3.8) is 0 Å². The summed E-state index contributed by atoms with van der Waals surface area (Å²) in [6, 6.07) is 8.98.